The molecule has 0 spiro atoms. The van der Waals surface area contributed by atoms with Gasteiger partial charge in [0.15, 0.2) is 0 Å². The number of amides is 2. The van der Waals surface area contributed by atoms with Gasteiger partial charge in [0, 0.05) is 30.8 Å². The van der Waals surface area contributed by atoms with E-state index < -0.39 is 5.41 Å². The molecule has 0 fully saturated rings. The van der Waals surface area contributed by atoms with Crippen molar-refractivity contribution in [3.8, 4) is 11.1 Å². The first-order chi connectivity index (χ1) is 12.3. The first kappa shape index (κ1) is 16.6. The van der Waals surface area contributed by atoms with Crippen molar-refractivity contribution >= 4 is 28.9 Å². The van der Waals surface area contributed by atoms with Crippen molar-refractivity contribution in [1.82, 2.24) is 0 Å². The maximum Gasteiger partial charge on any atom is 0.236 e. The average molecular weight is 349 g/mol. The number of anilines is 3. The number of carbonyl (C=O) groups excluding carboxylic acids is 2. The van der Waals surface area contributed by atoms with Crippen LogP contribution in [0.15, 0.2) is 36.4 Å². The number of carbonyl (C=O) groups is 2. The predicted octanol–water partition coefficient (Wildman–Crippen LogP) is 3.75. The Bertz CT molecular complexity index is 933. The standard InChI is InChI=1S/C21H23N3O2/c1-12-10-18(25)23-16-7-5-6-14(19(16)22-12)13-8-9-15-17(11-13)24(4)20(26)21(15,2)3/h5-9,11-12,22H,10H2,1-4H3,(H,23,25)/t12-/m1/s1. The van der Waals surface area contributed by atoms with Gasteiger partial charge in [-0.05, 0) is 44.0 Å². The van der Waals surface area contributed by atoms with Gasteiger partial charge < -0.3 is 15.5 Å². The fourth-order valence-corrected chi connectivity index (χ4v) is 3.98. The molecular formula is C21H23N3O2. The van der Waals surface area contributed by atoms with Crippen molar-refractivity contribution in [2.45, 2.75) is 38.6 Å². The van der Waals surface area contributed by atoms with Gasteiger partial charge in [0.1, 0.15) is 0 Å². The number of benzene rings is 2. The smallest absolute Gasteiger partial charge is 0.236 e. The molecule has 5 nitrogen and oxygen atoms in total. The topological polar surface area (TPSA) is 61.4 Å². The Labute approximate surface area is 153 Å². The van der Waals surface area contributed by atoms with Crippen molar-refractivity contribution in [2.24, 2.45) is 0 Å². The molecule has 26 heavy (non-hydrogen) atoms. The van der Waals surface area contributed by atoms with Crippen molar-refractivity contribution < 1.29 is 9.59 Å². The average Bonchev–Trinajstić information content (AvgIpc) is 2.71. The number of hydrogen-bond acceptors (Lipinski definition) is 3. The van der Waals surface area contributed by atoms with Gasteiger partial charge in [-0.3, -0.25) is 9.59 Å². The molecule has 134 valence electrons. The summed E-state index contributed by atoms with van der Waals surface area (Å²) in [5.74, 6) is 0.123. The fourth-order valence-electron chi connectivity index (χ4n) is 3.98. The van der Waals surface area contributed by atoms with E-state index in [4.69, 9.17) is 0 Å². The first-order valence-electron chi connectivity index (χ1n) is 8.91. The minimum absolute atomic E-state index is 0.0157. The van der Waals surface area contributed by atoms with E-state index in [1.54, 1.807) is 4.90 Å². The number of para-hydroxylation sites is 1. The molecular weight excluding hydrogens is 326 g/mol. The quantitative estimate of drug-likeness (QED) is 0.824. The minimum atomic E-state index is -0.503. The largest absolute Gasteiger partial charge is 0.380 e. The van der Waals surface area contributed by atoms with Crippen LogP contribution < -0.4 is 15.5 Å². The van der Waals surface area contributed by atoms with Crippen LogP contribution in [-0.4, -0.2) is 24.9 Å². The molecule has 2 amide bonds. The number of fused-ring (bicyclic) bond motifs is 2. The number of rotatable bonds is 1. The van der Waals surface area contributed by atoms with Crippen LogP contribution in [0.25, 0.3) is 11.1 Å². The van der Waals surface area contributed by atoms with Crippen LogP contribution >= 0.6 is 0 Å². The van der Waals surface area contributed by atoms with E-state index in [1.807, 2.05) is 52.1 Å². The van der Waals surface area contributed by atoms with Crippen LogP contribution in [0, 0.1) is 0 Å². The van der Waals surface area contributed by atoms with E-state index >= 15 is 0 Å². The predicted molar refractivity (Wildman–Crippen MR) is 105 cm³/mol. The highest BCUT2D eigenvalue weighted by molar-refractivity contribution is 6.08. The molecule has 0 aromatic heterocycles. The van der Waals surface area contributed by atoms with Gasteiger partial charge in [-0.2, -0.15) is 0 Å². The lowest BCUT2D eigenvalue weighted by Crippen LogP contribution is -2.33. The van der Waals surface area contributed by atoms with Crippen LogP contribution in [0.3, 0.4) is 0 Å². The van der Waals surface area contributed by atoms with E-state index in [9.17, 15) is 9.59 Å². The summed E-state index contributed by atoms with van der Waals surface area (Å²) in [4.78, 5) is 26.3. The molecule has 2 aliphatic rings. The van der Waals surface area contributed by atoms with Gasteiger partial charge in [0.05, 0.1) is 16.8 Å². The Morgan fingerprint density at radius 1 is 1.15 bits per heavy atom. The molecule has 2 aliphatic heterocycles. The van der Waals surface area contributed by atoms with Crippen molar-refractivity contribution in [2.75, 3.05) is 22.6 Å². The van der Waals surface area contributed by atoms with Crippen LogP contribution in [-0.2, 0) is 15.0 Å². The third-order valence-electron chi connectivity index (χ3n) is 5.40. The van der Waals surface area contributed by atoms with Crippen LogP contribution in [0.2, 0.25) is 0 Å². The van der Waals surface area contributed by atoms with Gasteiger partial charge >= 0.3 is 0 Å². The lowest BCUT2D eigenvalue weighted by molar-refractivity contribution is -0.121. The van der Waals surface area contributed by atoms with Crippen molar-refractivity contribution in [1.29, 1.82) is 0 Å². The molecule has 0 bridgehead atoms. The third kappa shape index (κ3) is 2.38. The second-order valence-corrected chi connectivity index (χ2v) is 7.75. The summed E-state index contributed by atoms with van der Waals surface area (Å²) >= 11 is 0. The first-order valence-corrected chi connectivity index (χ1v) is 8.91. The number of hydrogen-bond donors (Lipinski definition) is 2. The Hall–Kier alpha value is -2.82. The highest BCUT2D eigenvalue weighted by Crippen LogP contribution is 2.44. The monoisotopic (exact) mass is 349 g/mol. The summed E-state index contributed by atoms with van der Waals surface area (Å²) in [5.41, 5.74) is 5.25. The molecule has 0 saturated heterocycles. The summed E-state index contributed by atoms with van der Waals surface area (Å²) in [6, 6.07) is 12.1. The van der Waals surface area contributed by atoms with E-state index in [1.165, 1.54) is 0 Å². The van der Waals surface area contributed by atoms with Gasteiger partial charge in [0.25, 0.3) is 0 Å². The van der Waals surface area contributed by atoms with E-state index in [0.717, 1.165) is 33.8 Å². The highest BCUT2D eigenvalue weighted by atomic mass is 16.2. The van der Waals surface area contributed by atoms with Gasteiger partial charge in [0.2, 0.25) is 11.8 Å². The number of nitrogens with zero attached hydrogens (tertiary/aromatic N) is 1. The van der Waals surface area contributed by atoms with E-state index in [2.05, 4.69) is 22.8 Å². The Morgan fingerprint density at radius 2 is 1.92 bits per heavy atom. The molecule has 0 aliphatic carbocycles. The lowest BCUT2D eigenvalue weighted by Gasteiger charge is -2.18. The molecule has 2 N–H and O–H groups in total. The Morgan fingerprint density at radius 3 is 2.69 bits per heavy atom. The summed E-state index contributed by atoms with van der Waals surface area (Å²) in [6.07, 6.45) is 0.434. The molecule has 0 unspecified atom stereocenters. The minimum Gasteiger partial charge on any atom is -0.380 e. The molecule has 0 radical (unpaired) electrons. The maximum absolute atomic E-state index is 12.6. The molecule has 4 rings (SSSR count). The lowest BCUT2D eigenvalue weighted by atomic mass is 9.85. The van der Waals surface area contributed by atoms with E-state index in [-0.39, 0.29) is 17.9 Å². The van der Waals surface area contributed by atoms with Crippen LogP contribution in [0.5, 0.6) is 0 Å². The molecule has 1 atom stereocenters. The summed E-state index contributed by atoms with van der Waals surface area (Å²) in [6.45, 7) is 5.93. The zero-order chi connectivity index (χ0) is 18.6. The van der Waals surface area contributed by atoms with Crippen LogP contribution in [0.1, 0.15) is 32.8 Å². The van der Waals surface area contributed by atoms with Crippen molar-refractivity contribution in [3.63, 3.8) is 0 Å². The SMILES string of the molecule is C[C@@H]1CC(=O)Nc2cccc(-c3ccc4c(c3)N(C)C(=O)C4(C)C)c2N1. The second-order valence-electron chi connectivity index (χ2n) is 7.75. The van der Waals surface area contributed by atoms with Gasteiger partial charge in [-0.25, -0.2) is 0 Å². The summed E-state index contributed by atoms with van der Waals surface area (Å²) in [5, 5.41) is 6.44. The third-order valence-corrected chi connectivity index (χ3v) is 5.40. The number of nitrogens with one attached hydrogen (secondary N) is 2. The molecule has 2 heterocycles. The molecule has 5 heteroatoms. The Kier molecular flexibility index (Phi) is 3.58. The number of likely N-dealkylation sites (N-methyl/N-ethyl adjacent to an activating group) is 1. The zero-order valence-corrected chi connectivity index (χ0v) is 15.5. The van der Waals surface area contributed by atoms with Gasteiger partial charge in [-0.15, -0.1) is 0 Å². The second kappa shape index (κ2) is 5.59. The summed E-state index contributed by atoms with van der Waals surface area (Å²) in [7, 11) is 1.83. The molecule has 0 saturated carbocycles. The fraction of sp³-hybridized carbons (Fsp3) is 0.333. The molecule has 2 aromatic carbocycles. The van der Waals surface area contributed by atoms with Crippen LogP contribution in [0.4, 0.5) is 17.1 Å². The van der Waals surface area contributed by atoms with Gasteiger partial charge in [-0.1, -0.05) is 24.3 Å². The summed E-state index contributed by atoms with van der Waals surface area (Å²) < 4.78 is 0. The normalized spacial score (nSPS) is 20.8. The Balaban J connectivity index is 1.85. The van der Waals surface area contributed by atoms with Crippen molar-refractivity contribution in [3.05, 3.63) is 42.0 Å². The van der Waals surface area contributed by atoms with E-state index in [0.29, 0.717) is 6.42 Å². The zero-order valence-electron chi connectivity index (χ0n) is 15.5. The molecule has 2 aromatic rings. The maximum atomic E-state index is 12.6. The highest BCUT2D eigenvalue weighted by Gasteiger charge is 2.42.